The number of halogens is 1. The van der Waals surface area contributed by atoms with E-state index in [0.717, 1.165) is 31.7 Å². The number of carbonyl (C=O) groups is 1. The largest absolute Gasteiger partial charge is 0.468 e. The zero-order chi connectivity index (χ0) is 16.8. The molecule has 1 aromatic carbocycles. The van der Waals surface area contributed by atoms with Crippen LogP contribution in [-0.2, 0) is 0 Å². The number of hydrogen-bond donors (Lipinski definition) is 1. The highest BCUT2D eigenvalue weighted by Gasteiger charge is 2.24. The van der Waals surface area contributed by atoms with Crippen LogP contribution in [0.25, 0.3) is 0 Å². The number of carbonyl (C=O) groups excluding carboxylic acids is 1. The summed E-state index contributed by atoms with van der Waals surface area (Å²) in [6.45, 7) is 2.45. The molecule has 0 aliphatic carbocycles. The van der Waals surface area contributed by atoms with E-state index in [9.17, 15) is 9.18 Å². The molecule has 2 aromatic rings. The lowest BCUT2D eigenvalue weighted by Gasteiger charge is -2.29. The summed E-state index contributed by atoms with van der Waals surface area (Å²) >= 11 is 0. The minimum Gasteiger partial charge on any atom is -0.468 e. The number of benzene rings is 1. The SMILES string of the molecule is O=C(NCC(c1ccco1)N1CCCCCC1)c1cccc(F)c1. The van der Waals surface area contributed by atoms with Crippen molar-refractivity contribution in [1.29, 1.82) is 0 Å². The van der Waals surface area contributed by atoms with Gasteiger partial charge in [-0.05, 0) is 56.3 Å². The molecule has 1 fully saturated rings. The second-order valence-corrected chi connectivity index (χ2v) is 6.20. The Morgan fingerprint density at radius 1 is 1.17 bits per heavy atom. The monoisotopic (exact) mass is 330 g/mol. The summed E-state index contributed by atoms with van der Waals surface area (Å²) in [5.41, 5.74) is 0.337. The number of likely N-dealkylation sites (tertiary alicyclic amines) is 1. The Morgan fingerprint density at radius 2 is 1.96 bits per heavy atom. The highest BCUT2D eigenvalue weighted by Crippen LogP contribution is 2.24. The lowest BCUT2D eigenvalue weighted by molar-refractivity contribution is 0.0926. The average molecular weight is 330 g/mol. The smallest absolute Gasteiger partial charge is 0.251 e. The maximum Gasteiger partial charge on any atom is 0.251 e. The van der Waals surface area contributed by atoms with E-state index >= 15 is 0 Å². The van der Waals surface area contributed by atoms with Crippen LogP contribution in [0.1, 0.15) is 47.8 Å². The minimum absolute atomic E-state index is 0.00982. The number of nitrogens with zero attached hydrogens (tertiary/aromatic N) is 1. The number of rotatable bonds is 5. The van der Waals surface area contributed by atoms with Gasteiger partial charge in [-0.1, -0.05) is 18.9 Å². The van der Waals surface area contributed by atoms with E-state index in [1.807, 2.05) is 12.1 Å². The van der Waals surface area contributed by atoms with Crippen LogP contribution in [-0.4, -0.2) is 30.4 Å². The van der Waals surface area contributed by atoms with Crippen molar-refractivity contribution in [3.05, 3.63) is 59.8 Å². The molecule has 0 radical (unpaired) electrons. The Kier molecular flexibility index (Phi) is 5.64. The van der Waals surface area contributed by atoms with Crippen molar-refractivity contribution in [2.45, 2.75) is 31.7 Å². The molecule has 24 heavy (non-hydrogen) atoms. The van der Waals surface area contributed by atoms with Gasteiger partial charge in [-0.15, -0.1) is 0 Å². The molecule has 1 aliphatic rings. The summed E-state index contributed by atoms with van der Waals surface area (Å²) in [5, 5.41) is 2.92. The molecule has 1 N–H and O–H groups in total. The maximum atomic E-state index is 13.3. The standard InChI is InChI=1S/C19H23FN2O2/c20-16-8-5-7-15(13-16)19(23)21-14-17(18-9-6-12-24-18)22-10-3-1-2-4-11-22/h5-9,12-13,17H,1-4,10-11,14H2,(H,21,23). The first-order valence-electron chi connectivity index (χ1n) is 8.55. The predicted molar refractivity (Wildman–Crippen MR) is 90.2 cm³/mol. The fourth-order valence-electron chi connectivity index (χ4n) is 3.22. The van der Waals surface area contributed by atoms with Gasteiger partial charge in [-0.3, -0.25) is 9.69 Å². The Hall–Kier alpha value is -2.14. The zero-order valence-electron chi connectivity index (χ0n) is 13.7. The van der Waals surface area contributed by atoms with Crippen LogP contribution in [0.4, 0.5) is 4.39 Å². The van der Waals surface area contributed by atoms with Gasteiger partial charge in [0, 0.05) is 12.1 Å². The molecule has 1 amide bonds. The molecule has 0 bridgehead atoms. The Balaban J connectivity index is 1.69. The van der Waals surface area contributed by atoms with Crippen LogP contribution >= 0.6 is 0 Å². The van der Waals surface area contributed by atoms with E-state index in [0.29, 0.717) is 12.1 Å². The first kappa shape index (κ1) is 16.7. The van der Waals surface area contributed by atoms with Gasteiger partial charge < -0.3 is 9.73 Å². The fourth-order valence-corrected chi connectivity index (χ4v) is 3.22. The molecule has 4 nitrogen and oxygen atoms in total. The maximum absolute atomic E-state index is 13.3. The molecular formula is C19H23FN2O2. The molecule has 2 heterocycles. The number of amides is 1. The summed E-state index contributed by atoms with van der Waals surface area (Å²) in [5.74, 6) is 0.190. The van der Waals surface area contributed by atoms with Crippen molar-refractivity contribution in [2.24, 2.45) is 0 Å². The van der Waals surface area contributed by atoms with Gasteiger partial charge in [0.15, 0.2) is 0 Å². The lowest BCUT2D eigenvalue weighted by Crippen LogP contribution is -2.38. The molecule has 1 atom stereocenters. The van der Waals surface area contributed by atoms with Gasteiger partial charge >= 0.3 is 0 Å². The zero-order valence-corrected chi connectivity index (χ0v) is 13.7. The van der Waals surface area contributed by atoms with Crippen LogP contribution < -0.4 is 5.32 Å². The Morgan fingerprint density at radius 3 is 2.62 bits per heavy atom. The van der Waals surface area contributed by atoms with E-state index in [2.05, 4.69) is 10.2 Å². The molecular weight excluding hydrogens is 307 g/mol. The van der Waals surface area contributed by atoms with Gasteiger partial charge in [0.25, 0.3) is 5.91 Å². The van der Waals surface area contributed by atoms with Crippen LogP contribution in [0.3, 0.4) is 0 Å². The predicted octanol–water partition coefficient (Wildman–Crippen LogP) is 3.77. The fraction of sp³-hybridized carbons (Fsp3) is 0.421. The minimum atomic E-state index is -0.405. The molecule has 0 saturated carbocycles. The van der Waals surface area contributed by atoms with Crippen LogP contribution in [0.15, 0.2) is 47.1 Å². The Labute approximate surface area is 141 Å². The van der Waals surface area contributed by atoms with Crippen LogP contribution in [0.2, 0.25) is 0 Å². The van der Waals surface area contributed by atoms with Gasteiger partial charge in [-0.25, -0.2) is 4.39 Å². The Bertz CT molecular complexity index is 649. The normalized spacial score (nSPS) is 17.2. The molecule has 5 heteroatoms. The average Bonchev–Trinajstić information content (AvgIpc) is 2.98. The van der Waals surface area contributed by atoms with Crippen molar-refractivity contribution in [3.63, 3.8) is 0 Å². The number of hydrogen-bond acceptors (Lipinski definition) is 3. The third-order valence-electron chi connectivity index (χ3n) is 4.50. The highest BCUT2D eigenvalue weighted by molar-refractivity contribution is 5.94. The van der Waals surface area contributed by atoms with Crippen molar-refractivity contribution >= 4 is 5.91 Å². The van der Waals surface area contributed by atoms with Gasteiger partial charge in [-0.2, -0.15) is 0 Å². The lowest BCUT2D eigenvalue weighted by atomic mass is 10.1. The number of nitrogens with one attached hydrogen (secondary N) is 1. The topological polar surface area (TPSA) is 45.5 Å². The third kappa shape index (κ3) is 4.23. The summed E-state index contributed by atoms with van der Waals surface area (Å²) in [6, 6.07) is 9.58. The highest BCUT2D eigenvalue weighted by atomic mass is 19.1. The molecule has 128 valence electrons. The van der Waals surface area contributed by atoms with Crippen molar-refractivity contribution in [2.75, 3.05) is 19.6 Å². The second kappa shape index (κ2) is 8.11. The molecule has 1 saturated heterocycles. The van der Waals surface area contributed by atoms with E-state index in [-0.39, 0.29) is 11.9 Å². The van der Waals surface area contributed by atoms with Crippen molar-refractivity contribution in [3.8, 4) is 0 Å². The van der Waals surface area contributed by atoms with Crippen molar-refractivity contribution < 1.29 is 13.6 Å². The van der Waals surface area contributed by atoms with Crippen LogP contribution in [0.5, 0.6) is 0 Å². The third-order valence-corrected chi connectivity index (χ3v) is 4.50. The summed E-state index contributed by atoms with van der Waals surface area (Å²) in [4.78, 5) is 14.7. The summed E-state index contributed by atoms with van der Waals surface area (Å²) < 4.78 is 18.9. The van der Waals surface area contributed by atoms with E-state index in [1.54, 1.807) is 18.4 Å². The number of furan rings is 1. The summed E-state index contributed by atoms with van der Waals surface area (Å²) in [6.07, 6.45) is 6.48. The molecule has 1 unspecified atom stereocenters. The first-order valence-corrected chi connectivity index (χ1v) is 8.55. The van der Waals surface area contributed by atoms with Crippen LogP contribution in [0, 0.1) is 5.82 Å². The molecule has 0 spiro atoms. The van der Waals surface area contributed by atoms with E-state index in [1.165, 1.54) is 25.0 Å². The van der Waals surface area contributed by atoms with E-state index < -0.39 is 5.82 Å². The van der Waals surface area contributed by atoms with E-state index in [4.69, 9.17) is 4.42 Å². The molecule has 1 aliphatic heterocycles. The van der Waals surface area contributed by atoms with Gasteiger partial charge in [0.05, 0.1) is 12.3 Å². The van der Waals surface area contributed by atoms with Gasteiger partial charge in [0.1, 0.15) is 11.6 Å². The molecule has 1 aromatic heterocycles. The first-order chi connectivity index (χ1) is 11.7. The molecule has 3 rings (SSSR count). The quantitative estimate of drug-likeness (QED) is 0.908. The summed E-state index contributed by atoms with van der Waals surface area (Å²) in [7, 11) is 0. The second-order valence-electron chi connectivity index (χ2n) is 6.20. The van der Waals surface area contributed by atoms with Gasteiger partial charge in [0.2, 0.25) is 0 Å². The van der Waals surface area contributed by atoms with Crippen molar-refractivity contribution in [1.82, 2.24) is 10.2 Å².